The molecule has 4 heterocycles. The summed E-state index contributed by atoms with van der Waals surface area (Å²) in [5.41, 5.74) is 12.1. The van der Waals surface area contributed by atoms with E-state index in [0.29, 0.717) is 0 Å². The van der Waals surface area contributed by atoms with Crippen LogP contribution in [0, 0.1) is 22.7 Å². The van der Waals surface area contributed by atoms with E-state index >= 15 is 0 Å². The lowest BCUT2D eigenvalue weighted by Crippen LogP contribution is -1.92. The first-order chi connectivity index (χ1) is 26.6. The first kappa shape index (κ1) is 38.1. The first-order valence-corrected chi connectivity index (χ1v) is 22.6. The van der Waals surface area contributed by atoms with Crippen LogP contribution in [0.1, 0.15) is 113 Å². The predicted octanol–water partition coefficient (Wildman–Crippen LogP) is 14.4. The average molecular weight is 787 g/mol. The Labute approximate surface area is 336 Å². The molecule has 0 saturated carbocycles. The number of hydrogen-bond donors (Lipinski definition) is 2. The van der Waals surface area contributed by atoms with Crippen molar-refractivity contribution in [2.24, 2.45) is 0 Å². The molecule has 2 N–H and O–H groups in total. The molecule has 6 nitrogen and oxygen atoms in total. The highest BCUT2D eigenvalue weighted by Gasteiger charge is 2.29. The number of benzene rings is 3. The SMILES string of the molecule is CCCCCCCCc1cc(-c2ccc(-c3c4c(c(-c5ccc(-c6ccc(C#N)c(CCCCCCCC)c6)s5)c5nsnc35)NSN4)s2)ccc1C#N. The van der Waals surface area contributed by atoms with Gasteiger partial charge in [-0.05, 0) is 96.5 Å². The van der Waals surface area contributed by atoms with E-state index in [2.05, 4.69) is 84.0 Å². The Morgan fingerprint density at radius 3 is 1.41 bits per heavy atom. The van der Waals surface area contributed by atoms with Gasteiger partial charge in [0.1, 0.15) is 11.0 Å². The maximum atomic E-state index is 9.84. The molecule has 54 heavy (non-hydrogen) atoms. The van der Waals surface area contributed by atoms with Gasteiger partial charge in [-0.1, -0.05) is 90.2 Å². The third kappa shape index (κ3) is 8.38. The number of unbranched alkanes of at least 4 members (excludes halogenated alkanes) is 10. The number of aryl methyl sites for hydroxylation is 2. The lowest BCUT2D eigenvalue weighted by atomic mass is 9.98. The number of hydrogen-bond acceptors (Lipinski definition) is 10. The quantitative estimate of drug-likeness (QED) is 0.0661. The highest BCUT2D eigenvalue weighted by molar-refractivity contribution is 8.02. The largest absolute Gasteiger partial charge is 0.309 e. The minimum absolute atomic E-state index is 0.782. The van der Waals surface area contributed by atoms with E-state index in [1.807, 2.05) is 12.1 Å². The third-order valence-electron chi connectivity index (χ3n) is 10.3. The second-order valence-corrected chi connectivity index (χ2v) is 17.4. The average Bonchev–Trinajstić information content (AvgIpc) is 4.05. The first-order valence-electron chi connectivity index (χ1n) is 19.4. The molecule has 7 rings (SSSR count). The van der Waals surface area contributed by atoms with E-state index in [-0.39, 0.29) is 0 Å². The number of nitrogens with one attached hydrogen (secondary N) is 2. The Morgan fingerprint density at radius 1 is 0.537 bits per heavy atom. The van der Waals surface area contributed by atoms with Gasteiger partial charge in [0.15, 0.2) is 0 Å². The van der Waals surface area contributed by atoms with Crippen LogP contribution in [-0.2, 0) is 12.8 Å². The number of rotatable bonds is 18. The molecule has 3 aromatic carbocycles. The van der Waals surface area contributed by atoms with Crippen molar-refractivity contribution < 1.29 is 0 Å². The molecule has 1 aliphatic rings. The Kier molecular flexibility index (Phi) is 13.0. The van der Waals surface area contributed by atoms with Crippen LogP contribution in [0.4, 0.5) is 11.4 Å². The summed E-state index contributed by atoms with van der Waals surface area (Å²) in [4.78, 5) is 4.61. The number of nitriles is 2. The molecule has 0 bridgehead atoms. The summed E-state index contributed by atoms with van der Waals surface area (Å²) in [6.07, 6.45) is 16.7. The van der Waals surface area contributed by atoms with Crippen LogP contribution in [0.5, 0.6) is 0 Å². The molecule has 0 saturated heterocycles. The molecule has 0 radical (unpaired) electrons. The number of anilines is 2. The lowest BCUT2D eigenvalue weighted by Gasteiger charge is -2.11. The second-order valence-electron chi connectivity index (χ2n) is 14.1. The smallest absolute Gasteiger partial charge is 0.116 e. The van der Waals surface area contributed by atoms with Crippen molar-refractivity contribution in [2.45, 2.75) is 104 Å². The van der Waals surface area contributed by atoms with Crippen molar-refractivity contribution in [1.82, 2.24) is 8.75 Å². The number of thiophene rings is 2. The molecule has 3 aromatic heterocycles. The summed E-state index contributed by atoms with van der Waals surface area (Å²) in [5.74, 6) is 0. The molecule has 10 heteroatoms. The predicted molar refractivity (Wildman–Crippen MR) is 233 cm³/mol. The zero-order valence-corrected chi connectivity index (χ0v) is 34.4. The topological polar surface area (TPSA) is 97.4 Å². The van der Waals surface area contributed by atoms with Gasteiger partial charge in [-0.15, -0.1) is 22.7 Å². The van der Waals surface area contributed by atoms with Crippen LogP contribution in [0.15, 0.2) is 60.7 Å². The summed E-state index contributed by atoms with van der Waals surface area (Å²) in [5, 5.41) is 19.7. The molecule has 0 aliphatic carbocycles. The van der Waals surface area contributed by atoms with Crippen LogP contribution < -0.4 is 9.44 Å². The molecule has 6 aromatic rings. The third-order valence-corrected chi connectivity index (χ3v) is 13.8. The highest BCUT2D eigenvalue weighted by atomic mass is 32.2. The molecular formula is C44H46N6S4. The van der Waals surface area contributed by atoms with Gasteiger partial charge in [0, 0.05) is 30.6 Å². The van der Waals surface area contributed by atoms with Crippen molar-refractivity contribution in [3.8, 4) is 53.9 Å². The van der Waals surface area contributed by atoms with Crippen LogP contribution in [0.25, 0.3) is 52.8 Å². The Bertz CT molecular complexity index is 2140. The minimum atomic E-state index is 0.782. The number of fused-ring (bicyclic) bond motifs is 2. The minimum Gasteiger partial charge on any atom is -0.309 e. The van der Waals surface area contributed by atoms with Gasteiger partial charge < -0.3 is 9.44 Å². The van der Waals surface area contributed by atoms with Crippen LogP contribution >= 0.6 is 46.5 Å². The summed E-state index contributed by atoms with van der Waals surface area (Å²) in [6.45, 7) is 4.50. The van der Waals surface area contributed by atoms with Crippen LogP contribution in [-0.4, -0.2) is 8.75 Å². The summed E-state index contributed by atoms with van der Waals surface area (Å²) >= 11 is 6.24. The van der Waals surface area contributed by atoms with Crippen molar-refractivity contribution in [3.63, 3.8) is 0 Å². The fourth-order valence-electron chi connectivity index (χ4n) is 7.39. The van der Waals surface area contributed by atoms with Crippen molar-refractivity contribution in [3.05, 3.63) is 82.9 Å². The van der Waals surface area contributed by atoms with Gasteiger partial charge in [0.05, 0.1) is 58.5 Å². The van der Waals surface area contributed by atoms with Crippen LogP contribution in [0.2, 0.25) is 0 Å². The van der Waals surface area contributed by atoms with Gasteiger partial charge in [0.2, 0.25) is 0 Å². The van der Waals surface area contributed by atoms with Gasteiger partial charge in [-0.2, -0.15) is 19.3 Å². The zero-order valence-electron chi connectivity index (χ0n) is 31.1. The van der Waals surface area contributed by atoms with E-state index in [0.717, 1.165) is 102 Å². The van der Waals surface area contributed by atoms with Crippen molar-refractivity contribution in [1.29, 1.82) is 10.5 Å². The monoisotopic (exact) mass is 786 g/mol. The van der Waals surface area contributed by atoms with E-state index in [1.54, 1.807) is 22.7 Å². The second kappa shape index (κ2) is 18.4. The molecule has 0 fully saturated rings. The molecule has 276 valence electrons. The van der Waals surface area contributed by atoms with Crippen LogP contribution in [0.3, 0.4) is 0 Å². The van der Waals surface area contributed by atoms with Gasteiger partial charge >= 0.3 is 0 Å². The highest BCUT2D eigenvalue weighted by Crippen LogP contribution is 2.54. The Morgan fingerprint density at radius 2 is 0.963 bits per heavy atom. The van der Waals surface area contributed by atoms with Gasteiger partial charge in [0.25, 0.3) is 0 Å². The van der Waals surface area contributed by atoms with Gasteiger partial charge in [-0.25, -0.2) is 0 Å². The standard InChI is InChI=1S/C44H46N6S4/c1-3-5-7-9-11-13-15-29-25-31(17-19-33(29)27-45)35-21-23-37(51-35)39-41-43(49-53-47-41)40(44-42(39)48-54-50-44)38-24-22-36(52-38)32-18-20-34(28-46)30(26-32)16-14-12-10-8-6-4-2/h17-26,47,49H,3-16H2,1-2H3. The number of nitrogens with zero attached hydrogens (tertiary/aromatic N) is 4. The molecular weight excluding hydrogens is 741 g/mol. The molecule has 1 aliphatic heterocycles. The van der Waals surface area contributed by atoms with Crippen molar-refractivity contribution in [2.75, 3.05) is 9.44 Å². The van der Waals surface area contributed by atoms with E-state index < -0.39 is 0 Å². The molecule has 0 unspecified atom stereocenters. The summed E-state index contributed by atoms with van der Waals surface area (Å²) in [7, 11) is 0. The fourth-order valence-corrected chi connectivity index (χ4v) is 10.7. The maximum Gasteiger partial charge on any atom is 0.116 e. The summed E-state index contributed by atoms with van der Waals surface area (Å²) in [6, 6.07) is 26.2. The summed E-state index contributed by atoms with van der Waals surface area (Å²) < 4.78 is 16.9. The van der Waals surface area contributed by atoms with Crippen molar-refractivity contribution >= 4 is 68.9 Å². The van der Waals surface area contributed by atoms with E-state index in [4.69, 9.17) is 8.75 Å². The van der Waals surface area contributed by atoms with Gasteiger partial charge in [-0.3, -0.25) is 0 Å². The lowest BCUT2D eigenvalue weighted by molar-refractivity contribution is 0.607. The fraction of sp³-hybridized carbons (Fsp3) is 0.364. The molecule has 0 spiro atoms. The zero-order chi connectivity index (χ0) is 37.3. The van der Waals surface area contributed by atoms with E-state index in [1.165, 1.54) is 97.8 Å². The Hall–Kier alpha value is -4.19. The maximum absolute atomic E-state index is 9.84. The number of aromatic nitrogens is 2. The Balaban J connectivity index is 1.16. The molecule has 0 atom stereocenters. The molecule has 0 amide bonds. The van der Waals surface area contributed by atoms with E-state index in [9.17, 15) is 10.5 Å². The normalized spacial score (nSPS) is 12.0.